The van der Waals surface area contributed by atoms with Gasteiger partial charge in [-0.25, -0.2) is 8.42 Å². The van der Waals surface area contributed by atoms with E-state index in [1.807, 2.05) is 0 Å². The Morgan fingerprint density at radius 3 is 2.88 bits per heavy atom. The lowest BCUT2D eigenvalue weighted by Gasteiger charge is -2.31. The summed E-state index contributed by atoms with van der Waals surface area (Å²) in [5.41, 5.74) is 0. The van der Waals surface area contributed by atoms with Gasteiger partial charge < -0.3 is 10.1 Å². The summed E-state index contributed by atoms with van der Waals surface area (Å²) in [6.07, 6.45) is 1.26. The van der Waals surface area contributed by atoms with Crippen molar-refractivity contribution in [3.8, 4) is 0 Å². The highest BCUT2D eigenvalue weighted by Crippen LogP contribution is 2.30. The number of sulfonamides is 1. The van der Waals surface area contributed by atoms with E-state index in [2.05, 4.69) is 5.32 Å². The van der Waals surface area contributed by atoms with Crippen molar-refractivity contribution in [1.82, 2.24) is 9.62 Å². The number of nitrogens with one attached hydrogen (secondary N) is 1. The number of nitrogens with zero attached hydrogens (tertiary/aromatic N) is 1. The molecule has 134 valence electrons. The fraction of sp³-hybridized carbons (Fsp3) is 0.533. The molecule has 24 heavy (non-hydrogen) atoms. The van der Waals surface area contributed by atoms with Crippen LogP contribution in [0.5, 0.6) is 0 Å². The molecule has 0 radical (unpaired) electrons. The van der Waals surface area contributed by atoms with Crippen LogP contribution < -0.4 is 5.32 Å². The van der Waals surface area contributed by atoms with Crippen molar-refractivity contribution in [3.63, 3.8) is 0 Å². The van der Waals surface area contributed by atoms with Crippen LogP contribution in [0.15, 0.2) is 23.1 Å². The highest BCUT2D eigenvalue weighted by molar-refractivity contribution is 7.89. The molecule has 1 fully saturated rings. The first-order valence-electron chi connectivity index (χ1n) is 7.58. The van der Waals surface area contributed by atoms with Crippen LogP contribution in [0.1, 0.15) is 12.8 Å². The van der Waals surface area contributed by atoms with E-state index < -0.39 is 10.0 Å². The molecule has 0 spiro atoms. The molecular formula is C15H20Cl2N2O4S. The summed E-state index contributed by atoms with van der Waals surface area (Å²) in [6.45, 7) is 1.30. The van der Waals surface area contributed by atoms with Crippen molar-refractivity contribution in [3.05, 3.63) is 28.2 Å². The molecule has 1 atom stereocenters. The second kappa shape index (κ2) is 8.49. The molecule has 9 heteroatoms. The van der Waals surface area contributed by atoms with Gasteiger partial charge in [-0.05, 0) is 31.0 Å². The van der Waals surface area contributed by atoms with Crippen LogP contribution in [-0.2, 0) is 19.6 Å². The topological polar surface area (TPSA) is 75.7 Å². The summed E-state index contributed by atoms with van der Waals surface area (Å²) in [7, 11) is -2.24. The molecule has 0 saturated carbocycles. The van der Waals surface area contributed by atoms with E-state index in [0.717, 1.165) is 0 Å². The third-order valence-electron chi connectivity index (χ3n) is 3.87. The Labute approximate surface area is 152 Å². The van der Waals surface area contributed by atoms with Crippen LogP contribution in [0.4, 0.5) is 0 Å². The van der Waals surface area contributed by atoms with Gasteiger partial charge in [0.15, 0.2) is 0 Å². The molecule has 1 amide bonds. The van der Waals surface area contributed by atoms with Gasteiger partial charge in [0.1, 0.15) is 4.90 Å². The molecule has 2 rings (SSSR count). The molecule has 1 N–H and O–H groups in total. The maximum atomic E-state index is 12.8. The SMILES string of the molecule is COCCNC(=O)[C@H]1CCCN(S(=O)(=O)c2cc(Cl)ccc2Cl)C1. The van der Waals surface area contributed by atoms with Gasteiger partial charge in [0.2, 0.25) is 15.9 Å². The maximum Gasteiger partial charge on any atom is 0.244 e. The van der Waals surface area contributed by atoms with E-state index in [1.165, 1.54) is 22.5 Å². The van der Waals surface area contributed by atoms with Gasteiger partial charge in [0, 0.05) is 31.8 Å². The molecule has 1 aromatic carbocycles. The number of carbonyl (C=O) groups excluding carboxylic acids is 1. The zero-order valence-corrected chi connectivity index (χ0v) is 15.6. The normalized spacial score (nSPS) is 19.2. The quantitative estimate of drug-likeness (QED) is 0.749. The Morgan fingerprint density at radius 1 is 1.42 bits per heavy atom. The Morgan fingerprint density at radius 2 is 2.17 bits per heavy atom. The highest BCUT2D eigenvalue weighted by Gasteiger charge is 2.34. The smallest absolute Gasteiger partial charge is 0.244 e. The number of rotatable bonds is 6. The maximum absolute atomic E-state index is 12.8. The van der Waals surface area contributed by atoms with Crippen molar-refractivity contribution < 1.29 is 17.9 Å². The van der Waals surface area contributed by atoms with Crippen LogP contribution in [0.2, 0.25) is 10.0 Å². The minimum atomic E-state index is -3.79. The third-order valence-corrected chi connectivity index (χ3v) is 6.45. The largest absolute Gasteiger partial charge is 0.383 e. The van der Waals surface area contributed by atoms with Gasteiger partial charge in [-0.1, -0.05) is 23.2 Å². The van der Waals surface area contributed by atoms with Crippen LogP contribution in [0.3, 0.4) is 0 Å². The van der Waals surface area contributed by atoms with Gasteiger partial charge in [-0.2, -0.15) is 4.31 Å². The van der Waals surface area contributed by atoms with Crippen LogP contribution >= 0.6 is 23.2 Å². The predicted molar refractivity (Wildman–Crippen MR) is 92.8 cm³/mol. The minimum Gasteiger partial charge on any atom is -0.383 e. The van der Waals surface area contributed by atoms with Crippen LogP contribution in [0.25, 0.3) is 0 Å². The minimum absolute atomic E-state index is 0.0305. The van der Waals surface area contributed by atoms with Gasteiger partial charge in [0.05, 0.1) is 17.5 Å². The summed E-state index contributed by atoms with van der Waals surface area (Å²) in [5, 5.41) is 3.16. The zero-order valence-electron chi connectivity index (χ0n) is 13.3. The summed E-state index contributed by atoms with van der Waals surface area (Å²) >= 11 is 11.9. The molecule has 6 nitrogen and oxygen atoms in total. The van der Waals surface area contributed by atoms with Crippen molar-refractivity contribution in [2.75, 3.05) is 33.4 Å². The Hall–Kier alpha value is -0.860. The van der Waals surface area contributed by atoms with Gasteiger partial charge in [-0.15, -0.1) is 0 Å². The van der Waals surface area contributed by atoms with Crippen LogP contribution in [0, 0.1) is 5.92 Å². The van der Waals surface area contributed by atoms with E-state index in [1.54, 1.807) is 7.11 Å². The highest BCUT2D eigenvalue weighted by atomic mass is 35.5. The van der Waals surface area contributed by atoms with Crippen molar-refractivity contribution in [1.29, 1.82) is 0 Å². The molecule has 1 saturated heterocycles. The van der Waals surface area contributed by atoms with E-state index in [0.29, 0.717) is 37.6 Å². The number of hydrogen-bond donors (Lipinski definition) is 1. The molecule has 1 aliphatic heterocycles. The van der Waals surface area contributed by atoms with Crippen molar-refractivity contribution in [2.24, 2.45) is 5.92 Å². The van der Waals surface area contributed by atoms with Gasteiger partial charge >= 0.3 is 0 Å². The van der Waals surface area contributed by atoms with E-state index in [9.17, 15) is 13.2 Å². The molecule has 0 aliphatic carbocycles. The predicted octanol–water partition coefficient (Wildman–Crippen LogP) is 2.16. The number of benzene rings is 1. The molecule has 1 aromatic rings. The fourth-order valence-corrected chi connectivity index (χ4v) is 4.87. The summed E-state index contributed by atoms with van der Waals surface area (Å²) < 4.78 is 31.8. The third kappa shape index (κ3) is 4.61. The molecule has 0 bridgehead atoms. The fourth-order valence-electron chi connectivity index (χ4n) is 2.61. The zero-order chi connectivity index (χ0) is 17.7. The lowest BCUT2D eigenvalue weighted by molar-refractivity contribution is -0.126. The van der Waals surface area contributed by atoms with E-state index >= 15 is 0 Å². The Bertz CT molecular complexity index is 697. The van der Waals surface area contributed by atoms with Crippen molar-refractivity contribution >= 4 is 39.1 Å². The first kappa shape index (κ1) is 19.5. The monoisotopic (exact) mass is 394 g/mol. The van der Waals surface area contributed by atoms with Gasteiger partial charge in [0.25, 0.3) is 0 Å². The number of amides is 1. The number of hydrogen-bond acceptors (Lipinski definition) is 4. The molecule has 0 aromatic heterocycles. The van der Waals surface area contributed by atoms with E-state index in [-0.39, 0.29) is 28.3 Å². The van der Waals surface area contributed by atoms with Gasteiger partial charge in [-0.3, -0.25) is 4.79 Å². The number of carbonyl (C=O) groups is 1. The summed E-state index contributed by atoms with van der Waals surface area (Å²) in [4.78, 5) is 12.1. The lowest BCUT2D eigenvalue weighted by Crippen LogP contribution is -2.45. The molecule has 0 unspecified atom stereocenters. The molecular weight excluding hydrogens is 375 g/mol. The average molecular weight is 395 g/mol. The summed E-state index contributed by atoms with van der Waals surface area (Å²) in [6, 6.07) is 4.32. The second-order valence-electron chi connectivity index (χ2n) is 5.56. The average Bonchev–Trinajstić information content (AvgIpc) is 2.57. The molecule has 1 aliphatic rings. The Balaban J connectivity index is 2.13. The summed E-state index contributed by atoms with van der Waals surface area (Å²) in [5.74, 6) is -0.549. The van der Waals surface area contributed by atoms with Crippen LogP contribution in [-0.4, -0.2) is 52.0 Å². The number of methoxy groups -OCH3 is 1. The van der Waals surface area contributed by atoms with Crippen molar-refractivity contribution in [2.45, 2.75) is 17.7 Å². The first-order chi connectivity index (χ1) is 11.4. The first-order valence-corrected chi connectivity index (χ1v) is 9.77. The standard InChI is InChI=1S/C15H20Cl2N2O4S/c1-23-8-6-18-15(20)11-3-2-7-19(10-11)24(21,22)14-9-12(16)4-5-13(14)17/h4-5,9,11H,2-3,6-8,10H2,1H3,(H,18,20)/t11-/m0/s1. The Kier molecular flexibility index (Phi) is 6.88. The number of piperidine rings is 1. The van der Waals surface area contributed by atoms with E-state index in [4.69, 9.17) is 27.9 Å². The number of halogens is 2. The second-order valence-corrected chi connectivity index (χ2v) is 8.31. The number of ether oxygens (including phenoxy) is 1. The lowest BCUT2D eigenvalue weighted by atomic mass is 9.99. The molecule has 1 heterocycles.